The fourth-order valence-electron chi connectivity index (χ4n) is 2.53. The number of phosphoric acid groups is 1. The highest BCUT2D eigenvalue weighted by molar-refractivity contribution is 7.46. The van der Waals surface area contributed by atoms with Gasteiger partial charge in [-0.15, -0.1) is 0 Å². The third-order valence-electron chi connectivity index (χ3n) is 3.77. The van der Waals surface area contributed by atoms with Gasteiger partial charge in [-0.25, -0.2) is 9.09 Å². The molecule has 3 aliphatic heterocycles. The SMILES string of the molecule is O=C([O-])C(F)(F)F.O=P(O)(O)OC[N+]12CCC(CC1)CC2. The number of hydrogen-bond donors (Lipinski definition) is 2. The van der Waals surface area contributed by atoms with E-state index in [1.807, 2.05) is 0 Å². The Morgan fingerprint density at radius 1 is 1.24 bits per heavy atom. The Labute approximate surface area is 119 Å². The number of aliphatic carboxylic acids is 1. The van der Waals surface area contributed by atoms with Crippen LogP contribution < -0.4 is 5.11 Å². The second-order valence-corrected chi connectivity index (χ2v) is 6.52. The highest BCUT2D eigenvalue weighted by Crippen LogP contribution is 2.40. The summed E-state index contributed by atoms with van der Waals surface area (Å²) in [6, 6.07) is 0. The number of piperidine rings is 3. The van der Waals surface area contributed by atoms with Crippen molar-refractivity contribution in [2.45, 2.75) is 25.4 Å². The highest BCUT2D eigenvalue weighted by atomic mass is 31.2. The van der Waals surface area contributed by atoms with Gasteiger partial charge in [0.15, 0.2) is 6.73 Å². The summed E-state index contributed by atoms with van der Waals surface area (Å²) >= 11 is 0. The van der Waals surface area contributed by atoms with E-state index in [9.17, 15) is 17.7 Å². The molecule has 2 bridgehead atoms. The van der Waals surface area contributed by atoms with E-state index in [4.69, 9.17) is 19.7 Å². The van der Waals surface area contributed by atoms with E-state index in [2.05, 4.69) is 4.52 Å². The summed E-state index contributed by atoms with van der Waals surface area (Å²) in [5, 5.41) is 8.78. The lowest BCUT2D eigenvalue weighted by atomic mass is 9.86. The molecule has 7 nitrogen and oxygen atoms in total. The molecule has 124 valence electrons. The Morgan fingerprint density at radius 2 is 1.62 bits per heavy atom. The minimum atomic E-state index is -5.19. The van der Waals surface area contributed by atoms with Gasteiger partial charge in [0, 0.05) is 0 Å². The number of rotatable bonds is 3. The Bertz CT molecular complexity index is 402. The van der Waals surface area contributed by atoms with E-state index in [0.717, 1.165) is 30.0 Å². The van der Waals surface area contributed by atoms with E-state index >= 15 is 0 Å². The molecule has 0 aliphatic carbocycles. The number of carbonyl (C=O) groups is 1. The van der Waals surface area contributed by atoms with Gasteiger partial charge in [-0.05, 0) is 25.2 Å². The van der Waals surface area contributed by atoms with Crippen molar-refractivity contribution in [3.63, 3.8) is 0 Å². The van der Waals surface area contributed by atoms with E-state index in [1.54, 1.807) is 0 Å². The Kier molecular flexibility index (Phi) is 5.79. The summed E-state index contributed by atoms with van der Waals surface area (Å²) in [6.07, 6.45) is -1.64. The van der Waals surface area contributed by atoms with Crippen molar-refractivity contribution < 1.29 is 46.4 Å². The molecule has 0 saturated carbocycles. The normalized spacial score (nSPS) is 28.7. The minimum absolute atomic E-state index is 0.178. The largest absolute Gasteiger partial charge is 0.542 e. The van der Waals surface area contributed by atoms with E-state index in [-0.39, 0.29) is 6.73 Å². The fourth-order valence-corrected chi connectivity index (χ4v) is 2.92. The van der Waals surface area contributed by atoms with Crippen molar-refractivity contribution in [3.8, 4) is 0 Å². The van der Waals surface area contributed by atoms with E-state index < -0.39 is 20.0 Å². The molecule has 0 aromatic rings. The molecule has 0 radical (unpaired) electrons. The lowest BCUT2D eigenvalue weighted by Gasteiger charge is -2.48. The number of hydrogen-bond acceptors (Lipinski definition) is 4. The summed E-state index contributed by atoms with van der Waals surface area (Å²) in [4.78, 5) is 26.1. The van der Waals surface area contributed by atoms with Crippen LogP contribution in [0.4, 0.5) is 13.2 Å². The Hall–Kier alpha value is -0.670. The number of carbonyl (C=O) groups excluding carboxylic acids is 1. The van der Waals surface area contributed by atoms with Crippen molar-refractivity contribution in [2.24, 2.45) is 5.92 Å². The quantitative estimate of drug-likeness (QED) is 0.555. The molecule has 3 heterocycles. The number of carboxylic acids is 1. The predicted octanol–water partition coefficient (Wildman–Crippen LogP) is -0.0177. The van der Waals surface area contributed by atoms with Gasteiger partial charge in [0.1, 0.15) is 5.97 Å². The molecular formula is C10H17F3NO6P. The molecule has 0 atom stereocenters. The van der Waals surface area contributed by atoms with Gasteiger partial charge >= 0.3 is 14.0 Å². The standard InChI is InChI=1S/C8H16NO4P.C2HF3O2/c10-14(11,12)13-7-9-4-1-8(2-5-9)3-6-9;3-2(4,5)1(6)7/h8H,1-7H2,(H-,10,11,12);(H,6,7). The summed E-state index contributed by atoms with van der Waals surface area (Å²) in [6.45, 7) is 3.23. The van der Waals surface area contributed by atoms with Gasteiger partial charge in [0.25, 0.3) is 0 Å². The van der Waals surface area contributed by atoms with Crippen LogP contribution in [0, 0.1) is 5.92 Å². The van der Waals surface area contributed by atoms with Crippen LogP contribution in [0.2, 0.25) is 0 Å². The molecule has 0 unspecified atom stereocenters. The maximum atomic E-state index is 10.6. The van der Waals surface area contributed by atoms with Crippen LogP contribution in [0.15, 0.2) is 0 Å². The van der Waals surface area contributed by atoms with Crippen molar-refractivity contribution in [3.05, 3.63) is 0 Å². The zero-order valence-electron chi connectivity index (χ0n) is 11.1. The van der Waals surface area contributed by atoms with Crippen LogP contribution in [0.1, 0.15) is 19.3 Å². The topological polar surface area (TPSA) is 107 Å². The summed E-state index contributed by atoms with van der Waals surface area (Å²) in [7, 11) is -4.29. The summed E-state index contributed by atoms with van der Waals surface area (Å²) < 4.78 is 47.5. The van der Waals surface area contributed by atoms with Gasteiger partial charge in [-0.1, -0.05) is 0 Å². The molecule has 0 aromatic heterocycles. The molecule has 3 fully saturated rings. The van der Waals surface area contributed by atoms with Gasteiger partial charge in [0.2, 0.25) is 0 Å². The average Bonchev–Trinajstić information content (AvgIpc) is 2.38. The second-order valence-electron chi connectivity index (χ2n) is 5.28. The molecule has 3 aliphatic rings. The number of carboxylic acid groups (broad SMARTS) is 1. The van der Waals surface area contributed by atoms with Crippen LogP contribution in [-0.4, -0.2) is 52.8 Å². The van der Waals surface area contributed by atoms with Gasteiger partial charge in [0.05, 0.1) is 19.6 Å². The second kappa shape index (κ2) is 6.62. The van der Waals surface area contributed by atoms with E-state index in [1.165, 1.54) is 19.3 Å². The first kappa shape index (κ1) is 18.4. The van der Waals surface area contributed by atoms with Crippen LogP contribution in [0.5, 0.6) is 0 Å². The zero-order valence-corrected chi connectivity index (χ0v) is 12.0. The molecule has 3 rings (SSSR count). The number of nitrogens with zero attached hydrogens (tertiary/aromatic N) is 1. The Morgan fingerprint density at radius 3 is 1.90 bits per heavy atom. The number of quaternary nitrogens is 1. The van der Waals surface area contributed by atoms with Gasteiger partial charge in [-0.2, -0.15) is 13.2 Å². The molecule has 11 heteroatoms. The predicted molar refractivity (Wildman–Crippen MR) is 61.3 cm³/mol. The minimum Gasteiger partial charge on any atom is -0.542 e. The fraction of sp³-hybridized carbons (Fsp3) is 0.900. The molecular weight excluding hydrogens is 318 g/mol. The van der Waals surface area contributed by atoms with Crippen LogP contribution in [-0.2, 0) is 13.9 Å². The van der Waals surface area contributed by atoms with Gasteiger partial charge in [-0.3, -0.25) is 0 Å². The zero-order chi connectivity index (χ0) is 16.3. The lowest BCUT2D eigenvalue weighted by molar-refractivity contribution is -0.956. The third-order valence-corrected chi connectivity index (χ3v) is 4.22. The number of phosphoric ester groups is 1. The van der Waals surface area contributed by atoms with Crippen LogP contribution in [0.25, 0.3) is 0 Å². The first-order valence-electron chi connectivity index (χ1n) is 6.27. The number of alkyl halides is 3. The van der Waals surface area contributed by atoms with Crippen LogP contribution in [0.3, 0.4) is 0 Å². The first-order valence-corrected chi connectivity index (χ1v) is 7.80. The van der Waals surface area contributed by atoms with Crippen molar-refractivity contribution in [1.82, 2.24) is 0 Å². The molecule has 2 N–H and O–H groups in total. The number of halogens is 3. The van der Waals surface area contributed by atoms with Crippen molar-refractivity contribution >= 4 is 13.8 Å². The highest BCUT2D eigenvalue weighted by Gasteiger charge is 2.40. The maximum Gasteiger partial charge on any atom is 0.474 e. The van der Waals surface area contributed by atoms with Crippen molar-refractivity contribution in [2.75, 3.05) is 26.4 Å². The third kappa shape index (κ3) is 6.31. The molecule has 0 aromatic carbocycles. The van der Waals surface area contributed by atoms with E-state index in [0.29, 0.717) is 0 Å². The number of fused-ring (bicyclic) bond motifs is 3. The Balaban J connectivity index is 0.000000270. The lowest BCUT2D eigenvalue weighted by Crippen LogP contribution is -2.58. The summed E-state index contributed by atoms with van der Waals surface area (Å²) in [5.74, 6) is -2.16. The van der Waals surface area contributed by atoms with Crippen LogP contribution >= 0.6 is 7.82 Å². The average molecular weight is 335 g/mol. The molecule has 21 heavy (non-hydrogen) atoms. The smallest absolute Gasteiger partial charge is 0.474 e. The monoisotopic (exact) mass is 335 g/mol. The molecule has 3 saturated heterocycles. The van der Waals surface area contributed by atoms with Crippen molar-refractivity contribution in [1.29, 1.82) is 0 Å². The molecule has 0 amide bonds. The first-order chi connectivity index (χ1) is 9.44. The maximum absolute atomic E-state index is 10.6. The summed E-state index contributed by atoms with van der Waals surface area (Å²) in [5.41, 5.74) is 0. The van der Waals surface area contributed by atoms with Gasteiger partial charge < -0.3 is 24.2 Å². The molecule has 0 spiro atoms.